The fourth-order valence-electron chi connectivity index (χ4n) is 2.51. The zero-order valence-corrected chi connectivity index (χ0v) is 16.0. The molecule has 1 saturated heterocycles. The summed E-state index contributed by atoms with van der Waals surface area (Å²) in [5.41, 5.74) is 1.32. The maximum Gasteiger partial charge on any atom is 0.260 e. The Balaban J connectivity index is 1.75. The van der Waals surface area contributed by atoms with Gasteiger partial charge in [0.05, 0.1) is 24.3 Å². The first-order chi connectivity index (χ1) is 12.6. The summed E-state index contributed by atoms with van der Waals surface area (Å²) >= 11 is 7.45. The molecule has 0 saturated carbocycles. The summed E-state index contributed by atoms with van der Waals surface area (Å²) in [6.45, 7) is 2.54. The van der Waals surface area contributed by atoms with Crippen LogP contribution in [0.4, 0.5) is 5.69 Å². The van der Waals surface area contributed by atoms with Gasteiger partial charge in [-0.25, -0.2) is 0 Å². The summed E-state index contributed by atoms with van der Waals surface area (Å²) in [7, 11) is 1.59. The van der Waals surface area contributed by atoms with Crippen LogP contribution in [0.5, 0.6) is 11.5 Å². The predicted octanol–water partition coefficient (Wildman–Crippen LogP) is 4.35. The van der Waals surface area contributed by atoms with Crippen LogP contribution in [-0.4, -0.2) is 25.1 Å². The third kappa shape index (κ3) is 4.45. The Morgan fingerprint density at radius 3 is 2.92 bits per heavy atom. The Hall–Kier alpha value is -2.31. The number of methoxy groups -OCH3 is 1. The minimum atomic E-state index is -0.309. The summed E-state index contributed by atoms with van der Waals surface area (Å²) in [6, 6.07) is 12.9. The van der Waals surface area contributed by atoms with Gasteiger partial charge in [0.1, 0.15) is 11.5 Å². The van der Waals surface area contributed by atoms with Gasteiger partial charge < -0.3 is 20.1 Å². The number of carbonyl (C=O) groups is 1. The second-order valence-electron chi connectivity index (χ2n) is 5.47. The highest BCUT2D eigenvalue weighted by Gasteiger charge is 2.27. The van der Waals surface area contributed by atoms with Gasteiger partial charge in [-0.2, -0.15) is 0 Å². The molecule has 0 aliphatic carbocycles. The third-order valence-corrected chi connectivity index (χ3v) is 4.91. The Morgan fingerprint density at radius 2 is 2.15 bits per heavy atom. The van der Waals surface area contributed by atoms with Gasteiger partial charge in [0.2, 0.25) is 0 Å². The fraction of sp³-hybridized carbons (Fsp3) is 0.211. The molecule has 136 valence electrons. The van der Waals surface area contributed by atoms with E-state index < -0.39 is 0 Å². The standard InChI is InChI=1S/C19H19ClN2O3S/c1-3-25-14-6-4-5-12(9-14)10-17-18(23)22-19(26-17)21-15-11-13(20)7-8-16(15)24-2/h4-11,19,21H,3H2,1-2H3,(H,22,23)/b17-10-. The van der Waals surface area contributed by atoms with Crippen molar-refractivity contribution in [2.45, 2.75) is 12.4 Å². The van der Waals surface area contributed by atoms with E-state index in [2.05, 4.69) is 10.6 Å². The third-order valence-electron chi connectivity index (χ3n) is 3.65. The highest BCUT2D eigenvalue weighted by molar-refractivity contribution is 8.05. The van der Waals surface area contributed by atoms with Crippen molar-refractivity contribution in [2.24, 2.45) is 0 Å². The topological polar surface area (TPSA) is 59.6 Å². The number of halogens is 1. The molecular formula is C19H19ClN2O3S. The second-order valence-corrected chi connectivity index (χ2v) is 7.06. The van der Waals surface area contributed by atoms with Gasteiger partial charge in [-0.3, -0.25) is 4.79 Å². The second kappa shape index (κ2) is 8.38. The Labute approximate surface area is 161 Å². The number of hydrogen-bond acceptors (Lipinski definition) is 5. The first kappa shape index (κ1) is 18.5. The average Bonchev–Trinajstić information content (AvgIpc) is 2.95. The summed E-state index contributed by atoms with van der Waals surface area (Å²) in [5.74, 6) is 1.31. The maximum absolute atomic E-state index is 12.3. The number of nitrogens with one attached hydrogen (secondary N) is 2. The van der Waals surface area contributed by atoms with Gasteiger partial charge in [0.15, 0.2) is 5.50 Å². The Bertz CT molecular complexity index is 841. The molecule has 1 aliphatic rings. The number of thioether (sulfide) groups is 1. The molecule has 0 bridgehead atoms. The summed E-state index contributed by atoms with van der Waals surface area (Å²) in [4.78, 5) is 12.9. The van der Waals surface area contributed by atoms with Gasteiger partial charge >= 0.3 is 0 Å². The van der Waals surface area contributed by atoms with Crippen molar-refractivity contribution in [3.05, 3.63) is 58.0 Å². The average molecular weight is 391 g/mol. The number of hydrogen-bond donors (Lipinski definition) is 2. The molecular weight excluding hydrogens is 372 g/mol. The Morgan fingerprint density at radius 1 is 1.31 bits per heavy atom. The molecule has 7 heteroatoms. The maximum atomic E-state index is 12.3. The van der Waals surface area contributed by atoms with E-state index in [-0.39, 0.29) is 11.4 Å². The van der Waals surface area contributed by atoms with Crippen molar-refractivity contribution in [3.8, 4) is 11.5 Å². The van der Waals surface area contributed by atoms with Crippen molar-refractivity contribution in [2.75, 3.05) is 19.0 Å². The normalized spacial score (nSPS) is 17.9. The van der Waals surface area contributed by atoms with Crippen LogP contribution in [0.15, 0.2) is 47.4 Å². The van der Waals surface area contributed by atoms with Crippen molar-refractivity contribution in [1.82, 2.24) is 5.32 Å². The van der Waals surface area contributed by atoms with E-state index in [4.69, 9.17) is 21.1 Å². The van der Waals surface area contributed by atoms with Crippen LogP contribution in [0.1, 0.15) is 12.5 Å². The first-order valence-electron chi connectivity index (χ1n) is 8.11. The molecule has 1 heterocycles. The van der Waals surface area contributed by atoms with Crippen molar-refractivity contribution in [3.63, 3.8) is 0 Å². The first-order valence-corrected chi connectivity index (χ1v) is 9.37. The molecule has 26 heavy (non-hydrogen) atoms. The lowest BCUT2D eigenvalue weighted by Gasteiger charge is -2.15. The van der Waals surface area contributed by atoms with Gasteiger partial charge in [0.25, 0.3) is 5.91 Å². The minimum Gasteiger partial charge on any atom is -0.495 e. The summed E-state index contributed by atoms with van der Waals surface area (Å²) < 4.78 is 10.8. The molecule has 0 aromatic heterocycles. The summed E-state index contributed by atoms with van der Waals surface area (Å²) in [5, 5.41) is 6.72. The number of benzene rings is 2. The zero-order chi connectivity index (χ0) is 18.5. The van der Waals surface area contributed by atoms with E-state index >= 15 is 0 Å². The molecule has 0 spiro atoms. The number of ether oxygens (including phenoxy) is 2. The van der Waals surface area contributed by atoms with Gasteiger partial charge in [-0.15, -0.1) is 0 Å². The molecule has 1 amide bonds. The van der Waals surface area contributed by atoms with E-state index in [1.54, 1.807) is 25.3 Å². The van der Waals surface area contributed by atoms with Crippen LogP contribution in [-0.2, 0) is 4.79 Å². The van der Waals surface area contributed by atoms with E-state index in [1.807, 2.05) is 37.3 Å². The lowest BCUT2D eigenvalue weighted by atomic mass is 10.2. The molecule has 3 rings (SSSR count). The number of anilines is 1. The van der Waals surface area contributed by atoms with Crippen LogP contribution in [0, 0.1) is 0 Å². The lowest BCUT2D eigenvalue weighted by Crippen LogP contribution is -2.31. The molecule has 5 nitrogen and oxygen atoms in total. The van der Waals surface area contributed by atoms with Gasteiger partial charge in [-0.05, 0) is 48.9 Å². The van der Waals surface area contributed by atoms with Crippen LogP contribution in [0.3, 0.4) is 0 Å². The Kier molecular flexibility index (Phi) is 5.96. The van der Waals surface area contributed by atoms with E-state index in [1.165, 1.54) is 11.8 Å². The number of amides is 1. The zero-order valence-electron chi connectivity index (χ0n) is 14.4. The highest BCUT2D eigenvalue weighted by atomic mass is 35.5. The summed E-state index contributed by atoms with van der Waals surface area (Å²) in [6.07, 6.45) is 1.85. The molecule has 1 aliphatic heterocycles. The molecule has 2 aromatic carbocycles. The molecule has 2 N–H and O–H groups in total. The molecule has 0 radical (unpaired) electrons. The minimum absolute atomic E-state index is 0.129. The van der Waals surface area contributed by atoms with Crippen LogP contribution < -0.4 is 20.1 Å². The number of carbonyl (C=O) groups excluding carboxylic acids is 1. The molecule has 1 atom stereocenters. The quantitative estimate of drug-likeness (QED) is 0.718. The van der Waals surface area contributed by atoms with Gasteiger partial charge in [0, 0.05) is 5.02 Å². The van der Waals surface area contributed by atoms with Crippen LogP contribution >= 0.6 is 23.4 Å². The van der Waals surface area contributed by atoms with Gasteiger partial charge in [-0.1, -0.05) is 35.5 Å². The number of rotatable bonds is 6. The monoisotopic (exact) mass is 390 g/mol. The van der Waals surface area contributed by atoms with Crippen LogP contribution in [0.2, 0.25) is 5.02 Å². The van der Waals surface area contributed by atoms with E-state index in [0.29, 0.717) is 22.3 Å². The van der Waals surface area contributed by atoms with Crippen molar-refractivity contribution < 1.29 is 14.3 Å². The van der Waals surface area contributed by atoms with Crippen LogP contribution in [0.25, 0.3) is 6.08 Å². The highest BCUT2D eigenvalue weighted by Crippen LogP contribution is 2.34. The fourth-order valence-corrected chi connectivity index (χ4v) is 3.66. The van der Waals surface area contributed by atoms with E-state index in [9.17, 15) is 4.79 Å². The predicted molar refractivity (Wildman–Crippen MR) is 107 cm³/mol. The van der Waals surface area contributed by atoms with Crippen molar-refractivity contribution in [1.29, 1.82) is 0 Å². The largest absolute Gasteiger partial charge is 0.495 e. The molecule has 1 fully saturated rings. The molecule has 2 aromatic rings. The molecule has 1 unspecified atom stereocenters. The smallest absolute Gasteiger partial charge is 0.260 e. The van der Waals surface area contributed by atoms with E-state index in [0.717, 1.165) is 17.0 Å². The lowest BCUT2D eigenvalue weighted by molar-refractivity contribution is -0.116. The SMILES string of the molecule is CCOc1cccc(/C=C2\SC(Nc3cc(Cl)ccc3OC)NC2=O)c1. The van der Waals surface area contributed by atoms with Crippen molar-refractivity contribution >= 4 is 41.0 Å².